The van der Waals surface area contributed by atoms with E-state index in [1.54, 1.807) is 7.11 Å². The van der Waals surface area contributed by atoms with Gasteiger partial charge in [0, 0.05) is 5.33 Å². The van der Waals surface area contributed by atoms with E-state index in [1.807, 2.05) is 12.1 Å². The summed E-state index contributed by atoms with van der Waals surface area (Å²) in [5.41, 5.74) is 1.08. The maximum atomic E-state index is 6.26. The minimum atomic E-state index is 0.617. The fraction of sp³-hybridized carbons (Fsp3) is 0.647. The Hall–Kier alpha value is -0.410. The first-order chi connectivity index (χ1) is 10.2. The quantitative estimate of drug-likeness (QED) is 0.329. The summed E-state index contributed by atoms with van der Waals surface area (Å²) in [6.45, 7) is 2.93. The Morgan fingerprint density at radius 3 is 2.33 bits per heavy atom. The second kappa shape index (κ2) is 11.2. The molecule has 4 heteroatoms. The third-order valence-corrected chi connectivity index (χ3v) is 4.37. The number of alkyl halides is 1. The molecule has 1 aromatic rings. The lowest BCUT2D eigenvalue weighted by Gasteiger charge is -2.13. The molecule has 0 saturated heterocycles. The molecule has 0 spiro atoms. The molecule has 1 aromatic carbocycles. The lowest BCUT2D eigenvalue weighted by molar-refractivity contribution is 0.284. The molecule has 0 N–H and O–H groups in total. The largest absolute Gasteiger partial charge is 0.493 e. The molecule has 0 aliphatic rings. The normalized spacial score (nSPS) is 10.7. The maximum absolute atomic E-state index is 6.26. The molecule has 0 aromatic heterocycles. The van der Waals surface area contributed by atoms with Gasteiger partial charge in [0.25, 0.3) is 0 Å². The third kappa shape index (κ3) is 6.92. The summed E-state index contributed by atoms with van der Waals surface area (Å²) < 4.78 is 11.2. The second-order valence-corrected chi connectivity index (χ2v) is 6.18. The van der Waals surface area contributed by atoms with Crippen molar-refractivity contribution >= 4 is 27.5 Å². The monoisotopic (exact) mass is 376 g/mol. The first-order valence-corrected chi connectivity index (χ1v) is 9.28. The van der Waals surface area contributed by atoms with Crippen LogP contribution in [0.2, 0.25) is 5.02 Å². The van der Waals surface area contributed by atoms with E-state index in [0.717, 1.165) is 17.3 Å². The molecule has 0 amide bonds. The Morgan fingerprint density at radius 1 is 1.05 bits per heavy atom. The average Bonchev–Trinajstić information content (AvgIpc) is 2.50. The number of ether oxygens (including phenoxy) is 2. The van der Waals surface area contributed by atoms with Crippen LogP contribution in [0.3, 0.4) is 0 Å². The van der Waals surface area contributed by atoms with Crippen LogP contribution in [0.4, 0.5) is 0 Å². The van der Waals surface area contributed by atoms with Gasteiger partial charge < -0.3 is 9.47 Å². The van der Waals surface area contributed by atoms with Gasteiger partial charge in [-0.15, -0.1) is 0 Å². The Labute approximate surface area is 142 Å². The molecule has 0 aliphatic heterocycles. The highest BCUT2D eigenvalue weighted by Crippen LogP contribution is 2.37. The highest BCUT2D eigenvalue weighted by molar-refractivity contribution is 9.08. The molecular formula is C17H26BrClO2. The number of methoxy groups -OCH3 is 1. The van der Waals surface area contributed by atoms with Crippen LogP contribution >= 0.6 is 27.5 Å². The van der Waals surface area contributed by atoms with Crippen molar-refractivity contribution in [1.29, 1.82) is 0 Å². The molecule has 0 aliphatic carbocycles. The molecule has 0 saturated carbocycles. The number of hydrogen-bond donors (Lipinski definition) is 0. The molecule has 21 heavy (non-hydrogen) atoms. The van der Waals surface area contributed by atoms with Gasteiger partial charge in [-0.25, -0.2) is 0 Å². The zero-order chi connectivity index (χ0) is 15.5. The summed E-state index contributed by atoms with van der Waals surface area (Å²) in [7, 11) is 1.64. The van der Waals surface area contributed by atoms with E-state index in [4.69, 9.17) is 21.1 Å². The lowest BCUT2D eigenvalue weighted by atomic mass is 10.1. The lowest BCUT2D eigenvalue weighted by Crippen LogP contribution is -2.01. The summed E-state index contributed by atoms with van der Waals surface area (Å²) in [6.07, 6.45) is 8.89. The Balaban J connectivity index is 2.34. The highest BCUT2D eigenvalue weighted by atomic mass is 79.9. The summed E-state index contributed by atoms with van der Waals surface area (Å²) in [5, 5.41) is 1.37. The van der Waals surface area contributed by atoms with Gasteiger partial charge in [0.2, 0.25) is 0 Å². The average molecular weight is 378 g/mol. The Morgan fingerprint density at radius 2 is 1.71 bits per heavy atom. The van der Waals surface area contributed by atoms with Gasteiger partial charge in [-0.3, -0.25) is 0 Å². The van der Waals surface area contributed by atoms with E-state index in [2.05, 4.69) is 22.9 Å². The Bertz CT molecular complexity index is 410. The zero-order valence-electron chi connectivity index (χ0n) is 13.1. The number of halogens is 2. The van der Waals surface area contributed by atoms with Crippen LogP contribution in [0.5, 0.6) is 11.5 Å². The van der Waals surface area contributed by atoms with Gasteiger partial charge in [-0.05, 0) is 24.1 Å². The second-order valence-electron chi connectivity index (χ2n) is 5.21. The number of hydrogen-bond acceptors (Lipinski definition) is 2. The number of rotatable bonds is 11. The minimum Gasteiger partial charge on any atom is -0.493 e. The van der Waals surface area contributed by atoms with Crippen molar-refractivity contribution in [3.63, 3.8) is 0 Å². The highest BCUT2D eigenvalue weighted by Gasteiger charge is 2.11. The molecular weight excluding hydrogens is 352 g/mol. The summed E-state index contributed by atoms with van der Waals surface area (Å²) in [5.74, 6) is 1.37. The molecule has 0 radical (unpaired) electrons. The van der Waals surface area contributed by atoms with Crippen molar-refractivity contribution in [2.24, 2.45) is 0 Å². The summed E-state index contributed by atoms with van der Waals surface area (Å²) >= 11 is 9.69. The molecule has 0 unspecified atom stereocenters. The third-order valence-electron chi connectivity index (χ3n) is 3.44. The first-order valence-electron chi connectivity index (χ1n) is 7.78. The maximum Gasteiger partial charge on any atom is 0.179 e. The van der Waals surface area contributed by atoms with E-state index >= 15 is 0 Å². The minimum absolute atomic E-state index is 0.617. The van der Waals surface area contributed by atoms with E-state index in [0.29, 0.717) is 23.1 Å². The van der Waals surface area contributed by atoms with Crippen molar-refractivity contribution in [3.8, 4) is 11.5 Å². The van der Waals surface area contributed by atoms with Crippen LogP contribution in [0.1, 0.15) is 57.4 Å². The molecule has 120 valence electrons. The topological polar surface area (TPSA) is 18.5 Å². The van der Waals surface area contributed by atoms with Crippen molar-refractivity contribution in [2.45, 2.75) is 57.2 Å². The molecule has 2 nitrogen and oxygen atoms in total. The fourth-order valence-electron chi connectivity index (χ4n) is 2.22. The van der Waals surface area contributed by atoms with Crippen LogP contribution in [-0.2, 0) is 5.33 Å². The van der Waals surface area contributed by atoms with Gasteiger partial charge >= 0.3 is 0 Å². The van der Waals surface area contributed by atoms with Gasteiger partial charge in [0.05, 0.1) is 18.7 Å². The smallest absolute Gasteiger partial charge is 0.179 e. The zero-order valence-corrected chi connectivity index (χ0v) is 15.4. The SMILES string of the molecule is CCCCCCCCCOc1c(Cl)cc(CBr)cc1OC. The van der Waals surface area contributed by atoms with E-state index in [1.165, 1.54) is 38.5 Å². The predicted octanol–water partition coefficient (Wildman–Crippen LogP) is 6.37. The van der Waals surface area contributed by atoms with Crippen molar-refractivity contribution in [1.82, 2.24) is 0 Å². The fourth-order valence-corrected chi connectivity index (χ4v) is 2.84. The van der Waals surface area contributed by atoms with E-state index in [9.17, 15) is 0 Å². The van der Waals surface area contributed by atoms with Gasteiger partial charge in [0.15, 0.2) is 11.5 Å². The van der Waals surface area contributed by atoms with Crippen LogP contribution in [-0.4, -0.2) is 13.7 Å². The molecule has 0 fully saturated rings. The van der Waals surface area contributed by atoms with Crippen molar-refractivity contribution in [3.05, 3.63) is 22.7 Å². The van der Waals surface area contributed by atoms with Crippen molar-refractivity contribution in [2.75, 3.05) is 13.7 Å². The summed E-state index contributed by atoms with van der Waals surface area (Å²) in [6, 6.07) is 3.87. The first kappa shape index (κ1) is 18.6. The van der Waals surface area contributed by atoms with E-state index < -0.39 is 0 Å². The number of unbranched alkanes of at least 4 members (excludes halogenated alkanes) is 6. The van der Waals surface area contributed by atoms with Crippen LogP contribution in [0.25, 0.3) is 0 Å². The molecule has 0 atom stereocenters. The number of benzene rings is 1. The van der Waals surface area contributed by atoms with Crippen LogP contribution in [0, 0.1) is 0 Å². The van der Waals surface area contributed by atoms with Crippen molar-refractivity contribution < 1.29 is 9.47 Å². The van der Waals surface area contributed by atoms with Gasteiger partial charge in [-0.2, -0.15) is 0 Å². The molecule has 0 heterocycles. The molecule has 0 bridgehead atoms. The van der Waals surface area contributed by atoms with Gasteiger partial charge in [0.1, 0.15) is 0 Å². The Kier molecular flexibility index (Phi) is 9.94. The van der Waals surface area contributed by atoms with Crippen LogP contribution < -0.4 is 9.47 Å². The van der Waals surface area contributed by atoms with Crippen LogP contribution in [0.15, 0.2) is 12.1 Å². The standard InChI is InChI=1S/C17H26BrClO2/c1-3-4-5-6-7-8-9-10-21-17-15(19)11-14(13-18)12-16(17)20-2/h11-12H,3-10,13H2,1-2H3. The predicted molar refractivity (Wildman–Crippen MR) is 94.1 cm³/mol. The molecule has 1 rings (SSSR count). The van der Waals surface area contributed by atoms with Gasteiger partial charge in [-0.1, -0.05) is 73.0 Å². The summed E-state index contributed by atoms with van der Waals surface area (Å²) in [4.78, 5) is 0. The van der Waals surface area contributed by atoms with E-state index in [-0.39, 0.29) is 0 Å².